The molecule has 1 aliphatic rings. The lowest BCUT2D eigenvalue weighted by Gasteiger charge is -2.01. The molecule has 0 atom stereocenters. The number of aromatic nitrogens is 24. The van der Waals surface area contributed by atoms with Gasteiger partial charge in [-0.05, 0) is 124 Å². The van der Waals surface area contributed by atoms with Crippen molar-refractivity contribution in [1.29, 1.82) is 0 Å². The van der Waals surface area contributed by atoms with E-state index in [0.717, 1.165) is 83.9 Å². The molecule has 1 fully saturated rings. The van der Waals surface area contributed by atoms with Crippen LogP contribution >= 0.6 is 45.9 Å². The van der Waals surface area contributed by atoms with Crippen molar-refractivity contribution in [3.05, 3.63) is 173 Å². The Morgan fingerprint density at radius 2 is 0.932 bits per heavy atom. The summed E-state index contributed by atoms with van der Waals surface area (Å²) in [7, 11) is 0. The number of tetrazole rings is 1. The third-order valence-corrected chi connectivity index (χ3v) is 17.2. The highest BCUT2D eigenvalue weighted by molar-refractivity contribution is 7.11. The van der Waals surface area contributed by atoms with Crippen molar-refractivity contribution >= 4 is 45.9 Å². The summed E-state index contributed by atoms with van der Waals surface area (Å²) in [6, 6.07) is 16.2. The zero-order valence-electron chi connectivity index (χ0n) is 79.8. The predicted octanol–water partition coefficient (Wildman–Crippen LogP) is 25.5. The number of rotatable bonds is 11. The van der Waals surface area contributed by atoms with Crippen molar-refractivity contribution in [3.8, 4) is 0 Å². The first-order valence-corrected chi connectivity index (χ1v) is 44.6. The van der Waals surface area contributed by atoms with E-state index in [9.17, 15) is 0 Å². The molecule has 28 nitrogen and oxygen atoms in total. The Kier molecular flexibility index (Phi) is 67.9. The van der Waals surface area contributed by atoms with E-state index in [1.165, 1.54) is 57.9 Å². The first-order valence-electron chi connectivity index (χ1n) is 41.5. The molecule has 2 N–H and O–H groups in total. The number of hydrogen-bond acceptors (Lipinski definition) is 30. The summed E-state index contributed by atoms with van der Waals surface area (Å²) in [5.41, 5.74) is 4.40. The normalized spacial score (nSPS) is 10.6. The van der Waals surface area contributed by atoms with Crippen LogP contribution in [0.1, 0.15) is 411 Å². The molecule has 0 saturated heterocycles. The minimum atomic E-state index is 0.339. The molecule has 0 bridgehead atoms. The molecule has 664 valence electrons. The van der Waals surface area contributed by atoms with Gasteiger partial charge in [-0.15, -0.1) is 47.0 Å². The van der Waals surface area contributed by atoms with Crippen molar-refractivity contribution in [2.24, 2.45) is 11.8 Å². The molecule has 13 rings (SSSR count). The number of hydrogen-bond donors (Lipinski definition) is 2. The molecule has 0 amide bonds. The summed E-state index contributed by atoms with van der Waals surface area (Å²) in [6.45, 7) is 83.7. The van der Waals surface area contributed by atoms with Gasteiger partial charge in [0.1, 0.15) is 48.9 Å². The lowest BCUT2D eigenvalue weighted by Crippen LogP contribution is -1.89. The van der Waals surface area contributed by atoms with E-state index in [0.29, 0.717) is 94.5 Å². The fourth-order valence-corrected chi connectivity index (χ4v) is 9.75. The second-order valence-corrected chi connectivity index (χ2v) is 34.0. The number of benzene rings is 1. The molecule has 0 unspecified atom stereocenters. The summed E-state index contributed by atoms with van der Waals surface area (Å²) in [6.07, 6.45) is 6.47. The molecule has 32 heteroatoms. The van der Waals surface area contributed by atoms with E-state index in [1.807, 2.05) is 163 Å². The molecule has 0 radical (unpaired) electrons. The molecular weight excluding hydrogens is 1560 g/mol. The molecule has 11 aromatic heterocycles. The van der Waals surface area contributed by atoms with Gasteiger partial charge in [0.2, 0.25) is 23.6 Å². The van der Waals surface area contributed by atoms with E-state index in [-0.39, 0.29) is 0 Å². The Morgan fingerprint density at radius 1 is 0.398 bits per heavy atom. The maximum Gasteiger partial charge on any atom is 0.229 e. The first-order chi connectivity index (χ1) is 55.6. The van der Waals surface area contributed by atoms with Crippen LogP contribution in [0.3, 0.4) is 0 Å². The Bertz CT molecular complexity index is 3630. The Labute approximate surface area is 726 Å². The summed E-state index contributed by atoms with van der Waals surface area (Å²) in [5, 5.41) is 58.6. The van der Waals surface area contributed by atoms with E-state index in [2.05, 4.69) is 281 Å². The third-order valence-electron chi connectivity index (χ3n) is 13.6. The molecular formula is C86H152N24O4S4. The molecule has 0 spiro atoms. The van der Waals surface area contributed by atoms with Gasteiger partial charge in [0.05, 0.1) is 5.69 Å². The smallest absolute Gasteiger partial charge is 0.229 e. The number of aryl methyl sites for hydroxylation is 9. The van der Waals surface area contributed by atoms with Gasteiger partial charge in [-0.3, -0.25) is 10.1 Å². The van der Waals surface area contributed by atoms with Crippen LogP contribution in [-0.4, -0.2) is 120 Å². The van der Waals surface area contributed by atoms with E-state index in [1.54, 1.807) is 37.6 Å². The van der Waals surface area contributed by atoms with Gasteiger partial charge in [-0.1, -0.05) is 301 Å². The lowest BCUT2D eigenvalue weighted by molar-refractivity contribution is 0.300. The fourth-order valence-electron chi connectivity index (χ4n) is 7.16. The van der Waals surface area contributed by atoms with Gasteiger partial charge in [0.15, 0.2) is 23.3 Å². The molecule has 118 heavy (non-hydrogen) atoms. The van der Waals surface area contributed by atoms with Crippen molar-refractivity contribution in [3.63, 3.8) is 0 Å². The first kappa shape index (κ1) is 116. The number of nitrogens with one attached hydrogen (secondary N) is 2. The van der Waals surface area contributed by atoms with Crippen LogP contribution in [0.5, 0.6) is 0 Å². The highest BCUT2D eigenvalue weighted by Crippen LogP contribution is 2.27. The van der Waals surface area contributed by atoms with Crippen LogP contribution in [0.25, 0.3) is 0 Å². The molecule has 1 aliphatic carbocycles. The number of aromatic amines is 2. The van der Waals surface area contributed by atoms with Crippen LogP contribution in [0, 0.1) is 74.1 Å². The zero-order chi connectivity index (χ0) is 91.2. The van der Waals surface area contributed by atoms with Crippen LogP contribution in [0.15, 0.2) is 79.0 Å². The highest BCUT2D eigenvalue weighted by atomic mass is 32.1. The Morgan fingerprint density at radius 3 is 1.14 bits per heavy atom. The summed E-state index contributed by atoms with van der Waals surface area (Å²) in [4.78, 5) is 25.7. The van der Waals surface area contributed by atoms with E-state index < -0.39 is 0 Å². The van der Waals surface area contributed by atoms with Gasteiger partial charge in [0, 0.05) is 84.4 Å². The lowest BCUT2D eigenvalue weighted by atomic mass is 10.0. The quantitative estimate of drug-likeness (QED) is 0.121. The fraction of sp³-hybridized carbons (Fsp3) is 0.651. The van der Waals surface area contributed by atoms with Crippen molar-refractivity contribution in [2.75, 3.05) is 0 Å². The summed E-state index contributed by atoms with van der Waals surface area (Å²) >= 11 is 6.11. The molecule has 0 aliphatic heterocycles. The van der Waals surface area contributed by atoms with Crippen LogP contribution in [-0.2, 0) is 0 Å². The minimum absolute atomic E-state index is 0.339. The van der Waals surface area contributed by atoms with Gasteiger partial charge >= 0.3 is 0 Å². The monoisotopic (exact) mass is 1710 g/mol. The average molecular weight is 1710 g/mol. The topological polar surface area (TPSA) is 368 Å². The van der Waals surface area contributed by atoms with Crippen molar-refractivity contribution in [1.82, 2.24) is 120 Å². The number of nitrogens with zero attached hydrogens (tertiary/aromatic N) is 22. The minimum Gasteiger partial charge on any atom is -0.425 e. The molecule has 12 aromatic rings. The van der Waals surface area contributed by atoms with Gasteiger partial charge < -0.3 is 13.5 Å². The predicted molar refractivity (Wildman–Crippen MR) is 489 cm³/mol. The van der Waals surface area contributed by atoms with Crippen LogP contribution in [0.2, 0.25) is 0 Å². The van der Waals surface area contributed by atoms with E-state index in [4.69, 9.17) is 13.5 Å². The number of H-pyrrole nitrogens is 2. The van der Waals surface area contributed by atoms with E-state index >= 15 is 0 Å². The van der Waals surface area contributed by atoms with Crippen molar-refractivity contribution in [2.45, 2.75) is 362 Å². The Balaban J connectivity index is -0.000000592. The van der Waals surface area contributed by atoms with Crippen LogP contribution in [0.4, 0.5) is 0 Å². The second-order valence-electron chi connectivity index (χ2n) is 30.1. The van der Waals surface area contributed by atoms with Gasteiger partial charge in [-0.25, -0.2) is 19.6 Å². The third kappa shape index (κ3) is 59.9. The second kappa shape index (κ2) is 69.2. The molecule has 1 aromatic carbocycles. The zero-order valence-corrected chi connectivity index (χ0v) is 83.1. The number of pyridine rings is 1. The average Bonchev–Trinajstić information content (AvgIpc) is 1.75. The maximum atomic E-state index is 5.12. The van der Waals surface area contributed by atoms with Crippen molar-refractivity contribution < 1.29 is 18.1 Å². The molecule has 1 saturated carbocycles. The standard InChI is InChI=1S/C9H12.C6H11N3.4C6H10N2O.4C6H10N2S.C5H5N.C4H8N4.C4H8.C4H10.3C2H6/c1-8(2)9-6-4-3-5-7-9;1-4(2)6-7-5(3)8-9-6;1-4(2)6-8-7-5(3)9-6;1-4(2)6-7-5(3)9-8-6;1-4(2)6-7-5(3)8-9-6;1-4(2)6-5(3)7-9-8-6;1-4(2)6-8-7-5(3)9-6;1-4(2)6-7-5(3)9-8-6;1-4(2)6-7-5(3)8-9-6;1-4(2)6-5(3)9-8-7-6;1-2-4-6-5-3-1;1-3(2)4-5-7-8-6-4;1-4-2-3-4;1-4(2)3;3*1-2/h3-8H,1-2H3;4H,1-3H3,(H,7,8,9);8*4H,1-3H3;1-5H;3H,1-2H3,(H,5,6,7,8);4H,2-3H2,1H3;4H,1-3H3;3*1-2H3. The highest BCUT2D eigenvalue weighted by Gasteiger charge is 2.14. The van der Waals surface area contributed by atoms with Crippen LogP contribution < -0.4 is 0 Å². The SMILES string of the molecule is CC.CC.CC.CC(C)C.CC(C)c1ccccc1.CC(C)c1nn[nH]n1.CC1CC1.Cc1nc(C(C)C)n[nH]1.Cc1nc(C(C)C)no1.Cc1nc(C(C)C)ns1.Cc1nnc(C(C)C)o1.Cc1nnc(C(C)C)s1.Cc1noc(C(C)C)n1.Cc1nonc1C(C)C.Cc1nsc(C(C)C)n1.Cc1snnc1C(C)C.c1ccncc1. The maximum absolute atomic E-state index is 5.12. The van der Waals surface area contributed by atoms with Gasteiger partial charge in [0.25, 0.3) is 0 Å². The molecule has 11 heterocycles. The van der Waals surface area contributed by atoms with Gasteiger partial charge in [-0.2, -0.15) is 29.0 Å². The Hall–Kier alpha value is -8.62. The largest absolute Gasteiger partial charge is 0.425 e. The summed E-state index contributed by atoms with van der Waals surface area (Å²) < 4.78 is 31.3. The summed E-state index contributed by atoms with van der Waals surface area (Å²) in [5.74, 6) is 15.5.